The van der Waals surface area contributed by atoms with Crippen LogP contribution >= 0.6 is 0 Å². The van der Waals surface area contributed by atoms with Gasteiger partial charge in [-0.25, -0.2) is 0 Å². The van der Waals surface area contributed by atoms with E-state index in [2.05, 4.69) is 34.5 Å². The topological polar surface area (TPSA) is 55.8 Å². The lowest BCUT2D eigenvalue weighted by Gasteiger charge is -2.31. The molecule has 5 nitrogen and oxygen atoms in total. The minimum absolute atomic E-state index is 0.0278. The summed E-state index contributed by atoms with van der Waals surface area (Å²) in [6, 6.07) is 16.3. The Kier molecular flexibility index (Phi) is 6.16. The second-order valence-electron chi connectivity index (χ2n) is 8.06. The van der Waals surface area contributed by atoms with Gasteiger partial charge in [0.05, 0.1) is 6.10 Å². The Hall–Kier alpha value is -2.37. The highest BCUT2D eigenvalue weighted by Gasteiger charge is 2.33. The number of nitrogens with zero attached hydrogens (tertiary/aromatic N) is 2. The highest BCUT2D eigenvalue weighted by atomic mass is 16.3. The fourth-order valence-electron chi connectivity index (χ4n) is 4.46. The quantitative estimate of drug-likeness (QED) is 0.792. The van der Waals surface area contributed by atoms with Gasteiger partial charge in [-0.2, -0.15) is 0 Å². The Labute approximate surface area is 173 Å². The predicted octanol–water partition coefficient (Wildman–Crippen LogP) is 3.14. The average molecular weight is 394 g/mol. The molecule has 2 aromatic rings. The molecule has 2 aliphatic rings. The van der Waals surface area contributed by atoms with Crippen molar-refractivity contribution in [1.82, 2.24) is 5.32 Å². The third-order valence-electron chi connectivity index (χ3n) is 6.21. The Bertz CT molecular complexity index is 830. The van der Waals surface area contributed by atoms with Crippen LogP contribution < -0.4 is 15.1 Å². The van der Waals surface area contributed by atoms with Gasteiger partial charge in [-0.1, -0.05) is 37.3 Å². The lowest BCUT2D eigenvalue weighted by molar-refractivity contribution is -0.120. The highest BCUT2D eigenvalue weighted by molar-refractivity contribution is 5.97. The molecule has 2 aliphatic heterocycles. The molecule has 4 rings (SSSR count). The molecular formula is C24H31N3O2. The lowest BCUT2D eigenvalue weighted by Crippen LogP contribution is -2.44. The van der Waals surface area contributed by atoms with Crippen molar-refractivity contribution in [3.05, 3.63) is 59.7 Å². The molecule has 2 fully saturated rings. The van der Waals surface area contributed by atoms with Gasteiger partial charge < -0.3 is 20.2 Å². The van der Waals surface area contributed by atoms with Crippen LogP contribution in [0.3, 0.4) is 0 Å². The normalized spacial score (nSPS) is 20.9. The van der Waals surface area contributed by atoms with Crippen molar-refractivity contribution in [2.75, 3.05) is 42.5 Å². The van der Waals surface area contributed by atoms with Gasteiger partial charge in [0.1, 0.15) is 0 Å². The van der Waals surface area contributed by atoms with E-state index >= 15 is 0 Å². The molecule has 2 aromatic carbocycles. The van der Waals surface area contributed by atoms with Gasteiger partial charge in [0, 0.05) is 50.0 Å². The molecule has 1 amide bonds. The molecule has 0 radical (unpaired) electrons. The fourth-order valence-corrected chi connectivity index (χ4v) is 4.46. The van der Waals surface area contributed by atoms with Crippen molar-refractivity contribution >= 4 is 17.3 Å². The Morgan fingerprint density at radius 2 is 1.79 bits per heavy atom. The number of rotatable bonds is 6. The molecule has 2 N–H and O–H groups in total. The number of piperazine rings is 1. The maximum Gasteiger partial charge on any atom is 0.230 e. The van der Waals surface area contributed by atoms with Crippen molar-refractivity contribution < 1.29 is 9.90 Å². The lowest BCUT2D eigenvalue weighted by atomic mass is 9.96. The van der Waals surface area contributed by atoms with E-state index in [1.807, 2.05) is 36.1 Å². The summed E-state index contributed by atoms with van der Waals surface area (Å²) in [5.74, 6) is 0.240. The average Bonchev–Trinajstić information content (AvgIpc) is 3.14. The van der Waals surface area contributed by atoms with E-state index in [4.69, 9.17) is 0 Å². The fraction of sp³-hybridized carbons (Fsp3) is 0.458. The van der Waals surface area contributed by atoms with Crippen LogP contribution in [0.5, 0.6) is 0 Å². The molecule has 0 aliphatic carbocycles. The van der Waals surface area contributed by atoms with Gasteiger partial charge in [0.15, 0.2) is 0 Å². The van der Waals surface area contributed by atoms with E-state index in [9.17, 15) is 9.90 Å². The zero-order chi connectivity index (χ0) is 20.2. The van der Waals surface area contributed by atoms with Gasteiger partial charge in [-0.15, -0.1) is 0 Å². The smallest absolute Gasteiger partial charge is 0.230 e. The molecule has 2 heterocycles. The maximum absolute atomic E-state index is 13.1. The van der Waals surface area contributed by atoms with Crippen LogP contribution in [0, 0.1) is 5.92 Å². The van der Waals surface area contributed by atoms with Crippen LogP contribution in [0.25, 0.3) is 0 Å². The van der Waals surface area contributed by atoms with Crippen LogP contribution in [0.15, 0.2) is 48.5 Å². The summed E-state index contributed by atoms with van der Waals surface area (Å²) in [5, 5.41) is 13.4. The van der Waals surface area contributed by atoms with Crippen molar-refractivity contribution in [1.29, 1.82) is 0 Å². The number of anilines is 2. The first-order valence-electron chi connectivity index (χ1n) is 10.8. The molecular weight excluding hydrogens is 362 g/mol. The standard InChI is InChI=1S/C24H31N3O2/c1-2-23(28)18-7-9-21(10-8-18)27-14-11-20(24(27)29)17-19-5-3-4-6-22(19)26-15-12-25-13-16-26/h3-10,20,23,25,28H,2,11-17H2,1H3. The molecule has 2 unspecified atom stereocenters. The number of hydrogen-bond donors (Lipinski definition) is 2. The van der Waals surface area contributed by atoms with Crippen LogP contribution in [-0.2, 0) is 11.2 Å². The predicted molar refractivity (Wildman–Crippen MR) is 117 cm³/mol. The first-order chi connectivity index (χ1) is 14.2. The monoisotopic (exact) mass is 393 g/mol. The van der Waals surface area contributed by atoms with Gasteiger partial charge in [0.25, 0.3) is 0 Å². The van der Waals surface area contributed by atoms with Gasteiger partial charge in [0.2, 0.25) is 5.91 Å². The summed E-state index contributed by atoms with van der Waals surface area (Å²) in [6.07, 6.45) is 1.93. The van der Waals surface area contributed by atoms with Crippen molar-refractivity contribution in [3.8, 4) is 0 Å². The molecule has 2 saturated heterocycles. The number of carbonyl (C=O) groups excluding carboxylic acids is 1. The zero-order valence-corrected chi connectivity index (χ0v) is 17.2. The van der Waals surface area contributed by atoms with E-state index in [0.717, 1.165) is 56.8 Å². The van der Waals surface area contributed by atoms with E-state index in [-0.39, 0.29) is 11.8 Å². The number of aliphatic hydroxyl groups is 1. The molecule has 0 spiro atoms. The SMILES string of the molecule is CCC(O)c1ccc(N2CCC(Cc3ccccc3N3CCNCC3)C2=O)cc1. The second-order valence-corrected chi connectivity index (χ2v) is 8.06. The summed E-state index contributed by atoms with van der Waals surface area (Å²) >= 11 is 0. The number of amides is 1. The number of hydrogen-bond acceptors (Lipinski definition) is 4. The van der Waals surface area contributed by atoms with Crippen LogP contribution in [-0.4, -0.2) is 43.7 Å². The first kappa shape index (κ1) is 19.9. The maximum atomic E-state index is 13.1. The molecule has 0 bridgehead atoms. The number of aliphatic hydroxyl groups excluding tert-OH is 1. The molecule has 0 saturated carbocycles. The summed E-state index contributed by atoms with van der Waals surface area (Å²) in [6.45, 7) is 6.76. The van der Waals surface area contributed by atoms with Crippen molar-refractivity contribution in [2.24, 2.45) is 5.92 Å². The van der Waals surface area contributed by atoms with Crippen LogP contribution in [0.1, 0.15) is 37.0 Å². The summed E-state index contributed by atoms with van der Waals surface area (Å²) in [4.78, 5) is 17.5. The second kappa shape index (κ2) is 8.97. The van der Waals surface area contributed by atoms with E-state index in [1.165, 1.54) is 11.3 Å². The molecule has 5 heteroatoms. The molecule has 2 atom stereocenters. The Morgan fingerprint density at radius 1 is 1.07 bits per heavy atom. The first-order valence-corrected chi connectivity index (χ1v) is 10.8. The van der Waals surface area contributed by atoms with E-state index < -0.39 is 6.10 Å². The third-order valence-corrected chi connectivity index (χ3v) is 6.21. The summed E-state index contributed by atoms with van der Waals surface area (Å²) in [7, 11) is 0. The van der Waals surface area contributed by atoms with E-state index in [0.29, 0.717) is 6.42 Å². The number of nitrogens with one attached hydrogen (secondary N) is 1. The van der Waals surface area contributed by atoms with Crippen LogP contribution in [0.4, 0.5) is 11.4 Å². The van der Waals surface area contributed by atoms with Gasteiger partial charge in [-0.05, 0) is 48.6 Å². The zero-order valence-electron chi connectivity index (χ0n) is 17.2. The van der Waals surface area contributed by atoms with Gasteiger partial charge in [-0.3, -0.25) is 4.79 Å². The minimum atomic E-state index is -0.437. The van der Waals surface area contributed by atoms with Crippen molar-refractivity contribution in [2.45, 2.75) is 32.3 Å². The minimum Gasteiger partial charge on any atom is -0.388 e. The molecule has 29 heavy (non-hydrogen) atoms. The highest BCUT2D eigenvalue weighted by Crippen LogP contribution is 2.31. The number of carbonyl (C=O) groups is 1. The summed E-state index contributed by atoms with van der Waals surface area (Å²) < 4.78 is 0. The van der Waals surface area contributed by atoms with Crippen LogP contribution in [0.2, 0.25) is 0 Å². The molecule has 154 valence electrons. The Morgan fingerprint density at radius 3 is 2.52 bits per heavy atom. The largest absolute Gasteiger partial charge is 0.388 e. The molecule has 0 aromatic heterocycles. The number of para-hydroxylation sites is 1. The van der Waals surface area contributed by atoms with E-state index in [1.54, 1.807) is 0 Å². The van der Waals surface area contributed by atoms with Crippen molar-refractivity contribution in [3.63, 3.8) is 0 Å². The number of benzene rings is 2. The third kappa shape index (κ3) is 4.31. The van der Waals surface area contributed by atoms with Gasteiger partial charge >= 0.3 is 0 Å². The Balaban J connectivity index is 1.46. The summed E-state index contributed by atoms with van der Waals surface area (Å²) in [5.41, 5.74) is 4.39.